The van der Waals surface area contributed by atoms with Crippen molar-refractivity contribution in [3.05, 3.63) is 47.5 Å². The number of quaternary nitrogens is 1. The van der Waals surface area contributed by atoms with Crippen molar-refractivity contribution in [3.8, 4) is 23.0 Å². The van der Waals surface area contributed by atoms with E-state index in [0.29, 0.717) is 5.56 Å². The first-order valence-corrected chi connectivity index (χ1v) is 18.5. The molecule has 20 nitrogen and oxygen atoms in total. The Morgan fingerprint density at radius 3 is 1.37 bits per heavy atom. The van der Waals surface area contributed by atoms with Gasteiger partial charge in [-0.25, -0.2) is 0 Å². The number of nitrogens with one attached hydrogen (secondary N) is 1. The number of carboxylic acids is 5. The van der Waals surface area contributed by atoms with Crippen molar-refractivity contribution < 1.29 is 114 Å². The second-order valence-corrected chi connectivity index (χ2v) is 13.7. The Hall–Kier alpha value is -5.10. The Kier molecular flexibility index (Phi) is 24.6. The van der Waals surface area contributed by atoms with Gasteiger partial charge in [-0.05, 0) is 61.1 Å². The van der Waals surface area contributed by atoms with Crippen LogP contribution in [0.2, 0.25) is 0 Å². The van der Waals surface area contributed by atoms with Gasteiger partial charge in [-0.15, -0.1) is 0 Å². The molecule has 0 saturated carbocycles. The molecule has 0 aliphatic carbocycles. The number of carbonyl (C=O) groups excluding carboxylic acids is 3. The molecule has 11 N–H and O–H groups in total. The molecule has 0 aliphatic rings. The van der Waals surface area contributed by atoms with E-state index in [0.717, 1.165) is 39.9 Å². The largest absolute Gasteiger partial charge is 1.00 e. The molecule has 330 valence electrons. The fourth-order valence-electron chi connectivity index (χ4n) is 6.81. The molecule has 0 saturated heterocycles. The van der Waals surface area contributed by atoms with Crippen LogP contribution < -0.4 is 40.1 Å². The number of methoxy groups -OCH3 is 3. The van der Waals surface area contributed by atoms with Crippen LogP contribution in [0.5, 0.6) is 23.0 Å². The molecule has 9 atom stereocenters. The number of amides is 1. The second kappa shape index (κ2) is 26.9. The first-order chi connectivity index (χ1) is 27.7. The van der Waals surface area contributed by atoms with Crippen LogP contribution in [0.3, 0.4) is 0 Å². The number of benzene rings is 2. The van der Waals surface area contributed by atoms with Crippen molar-refractivity contribution in [2.75, 3.05) is 34.4 Å². The van der Waals surface area contributed by atoms with E-state index in [4.69, 9.17) is 24.4 Å². The van der Waals surface area contributed by atoms with Crippen molar-refractivity contribution in [1.82, 2.24) is 5.32 Å². The Bertz CT molecular complexity index is 1720. The second-order valence-electron chi connectivity index (χ2n) is 13.7. The van der Waals surface area contributed by atoms with E-state index in [1.54, 1.807) is 12.1 Å². The van der Waals surface area contributed by atoms with Gasteiger partial charge in [-0.2, -0.15) is 0 Å². The maximum absolute atomic E-state index is 13.0. The summed E-state index contributed by atoms with van der Waals surface area (Å²) in [4.78, 5) is 74.5. The number of phenols is 4. The average Bonchev–Trinajstić information content (AvgIpc) is 3.17. The molecule has 21 heteroatoms. The van der Waals surface area contributed by atoms with Gasteiger partial charge in [0.1, 0.15) is 0 Å². The van der Waals surface area contributed by atoms with Crippen molar-refractivity contribution >= 4 is 35.8 Å². The molecular weight excluding hydrogens is 791 g/mol. The van der Waals surface area contributed by atoms with Crippen LogP contribution in [-0.4, -0.2) is 124 Å². The summed E-state index contributed by atoms with van der Waals surface area (Å²) in [6.07, 6.45) is -5.11. The Morgan fingerprint density at radius 2 is 1.03 bits per heavy atom. The molecule has 2 aromatic rings. The fourth-order valence-corrected chi connectivity index (χ4v) is 6.81. The molecule has 0 aromatic heterocycles. The van der Waals surface area contributed by atoms with E-state index < -0.39 is 102 Å². The van der Waals surface area contributed by atoms with Gasteiger partial charge in [0.2, 0.25) is 5.91 Å². The van der Waals surface area contributed by atoms with Gasteiger partial charge in [-0.3, -0.25) is 19.2 Å². The quantitative estimate of drug-likeness (QED) is 0.0335. The Balaban J connectivity index is 0.00000249. The van der Waals surface area contributed by atoms with Gasteiger partial charge in [-0.1, -0.05) is 26.0 Å². The molecule has 0 bridgehead atoms. The Morgan fingerprint density at radius 1 is 0.650 bits per heavy atom. The summed E-state index contributed by atoms with van der Waals surface area (Å²) in [5, 5.41) is 94.1. The number of aliphatic carboxylic acids is 5. The van der Waals surface area contributed by atoms with Gasteiger partial charge in [0.05, 0.1) is 48.5 Å². The van der Waals surface area contributed by atoms with Crippen molar-refractivity contribution in [2.45, 2.75) is 64.3 Å². The van der Waals surface area contributed by atoms with Crippen molar-refractivity contribution in [2.24, 2.45) is 35.5 Å². The zero-order chi connectivity index (χ0) is 45.1. The number of carbonyl (C=O) groups is 6. The zero-order valence-electron chi connectivity index (χ0n) is 34.4. The predicted molar refractivity (Wildman–Crippen MR) is 199 cm³/mol. The molecule has 0 radical (unpaired) electrons. The summed E-state index contributed by atoms with van der Waals surface area (Å²) in [6.45, 7) is 3.55. The topological polar surface area (TPSA) is 358 Å². The van der Waals surface area contributed by atoms with Crippen LogP contribution in [0.15, 0.2) is 36.4 Å². The van der Waals surface area contributed by atoms with E-state index in [2.05, 4.69) is 11.1 Å². The van der Waals surface area contributed by atoms with Crippen LogP contribution in [0.1, 0.15) is 44.2 Å². The number of aromatic hydroxyl groups is 4. The van der Waals surface area contributed by atoms with E-state index in [9.17, 15) is 64.5 Å². The number of ether oxygens (including phenoxy) is 3. The van der Waals surface area contributed by atoms with Crippen LogP contribution >= 0.6 is 0 Å². The zero-order valence-corrected chi connectivity index (χ0v) is 34.4. The number of phenolic OH excluding ortho intramolecular Hbond substituents is 4. The van der Waals surface area contributed by atoms with Crippen LogP contribution in [0.25, 0.3) is 0 Å². The molecule has 0 aliphatic heterocycles. The summed E-state index contributed by atoms with van der Waals surface area (Å²) < 4.78 is 15.6. The summed E-state index contributed by atoms with van der Waals surface area (Å²) in [5.41, 5.74) is 5.22. The third kappa shape index (κ3) is 16.2. The SMILES string of the molecule is CCC(OC)C(C(=O)O)C(CC(OC)C(C(=O)O)C(CC(OC)C(C(=O)O)C(C)C(=O)NCCc1ccc(O)c(O)c1)C(=O)[O-])C(=O)[O-].[Li+].[NH3+]CCc1ccc(O)c(O)c1. The predicted octanol–water partition coefficient (Wildman–Crippen LogP) is -4.65. The monoisotopic (exact) mass is 846 g/mol. The molecule has 0 spiro atoms. The van der Waals surface area contributed by atoms with Gasteiger partial charge in [0.15, 0.2) is 23.0 Å². The van der Waals surface area contributed by atoms with Gasteiger partial charge < -0.3 is 80.8 Å². The van der Waals surface area contributed by atoms with Crippen LogP contribution in [0.4, 0.5) is 0 Å². The molecule has 2 rings (SSSR count). The molecule has 0 fully saturated rings. The summed E-state index contributed by atoms with van der Waals surface area (Å²) in [7, 11) is 3.14. The molecule has 1 amide bonds. The maximum Gasteiger partial charge on any atom is 1.00 e. The van der Waals surface area contributed by atoms with E-state index in [1.165, 1.54) is 38.1 Å². The molecular formula is C39H55LiN2O18. The first kappa shape index (κ1) is 54.9. The number of carboxylic acid groups (broad SMARTS) is 5. The smallest absolute Gasteiger partial charge is 0.550 e. The van der Waals surface area contributed by atoms with Crippen LogP contribution in [-0.2, 0) is 55.8 Å². The Labute approximate surface area is 358 Å². The number of hydrogen-bond acceptors (Lipinski definition) is 15. The minimum atomic E-state index is -2.10. The van der Waals surface area contributed by atoms with E-state index in [1.807, 2.05) is 0 Å². The molecule has 9 unspecified atom stereocenters. The van der Waals surface area contributed by atoms with Gasteiger partial charge in [0, 0.05) is 58.1 Å². The van der Waals surface area contributed by atoms with Crippen molar-refractivity contribution in [1.29, 1.82) is 0 Å². The summed E-state index contributed by atoms with van der Waals surface area (Å²) >= 11 is 0. The van der Waals surface area contributed by atoms with E-state index >= 15 is 0 Å². The minimum Gasteiger partial charge on any atom is -0.550 e. The molecule has 2 aromatic carbocycles. The number of rotatable bonds is 25. The third-order valence-electron chi connectivity index (χ3n) is 10.0. The standard InChI is InChI=1S/C31H45NO16.C8H11NO2.Li/c1-6-20(46-3)24(30(42)43)16(27(36)37)13-22(48-5)25(31(44)45)17(28(38)39)12-21(47-4)23(29(40)41)14(2)26(35)32-10-9-15-7-8-18(33)19(34)11-15;9-4-3-6-1-2-7(10)8(11)5-6;/h7-8,11,14,16-17,20-25,33-34H,6,9-10,12-13H2,1-5H3,(H,32,35)(H,36,37)(H,38,39)(H,40,41)(H,42,43)(H,44,45);1-2,5,10-11H,3-4,9H2;/q;;+1/p-1. The fraction of sp³-hybridized carbons (Fsp3) is 0.538. The number of hydrogen-bond donors (Lipinski definition) is 9. The van der Waals surface area contributed by atoms with Crippen LogP contribution in [0, 0.1) is 35.5 Å². The first-order valence-electron chi connectivity index (χ1n) is 18.5. The van der Waals surface area contributed by atoms with E-state index in [-0.39, 0.29) is 61.2 Å². The maximum atomic E-state index is 13.0. The summed E-state index contributed by atoms with van der Waals surface area (Å²) in [6, 6.07) is 8.83. The van der Waals surface area contributed by atoms with Gasteiger partial charge in [0.25, 0.3) is 0 Å². The normalized spacial score (nSPS) is 15.4. The molecule has 0 heterocycles. The minimum absolute atomic E-state index is 0. The third-order valence-corrected chi connectivity index (χ3v) is 10.0. The van der Waals surface area contributed by atoms with Gasteiger partial charge >= 0.3 is 36.8 Å². The average molecular weight is 847 g/mol. The molecule has 60 heavy (non-hydrogen) atoms. The van der Waals surface area contributed by atoms with Crippen molar-refractivity contribution in [3.63, 3.8) is 0 Å². The summed E-state index contributed by atoms with van der Waals surface area (Å²) in [5.74, 6) is -21.3.